The van der Waals surface area contributed by atoms with Crippen LogP contribution in [0.25, 0.3) is 5.57 Å². The second-order valence-electron chi connectivity index (χ2n) is 11.3. The van der Waals surface area contributed by atoms with Gasteiger partial charge in [0.1, 0.15) is 0 Å². The van der Waals surface area contributed by atoms with E-state index in [9.17, 15) is 0 Å². The molecule has 0 saturated carbocycles. The fourth-order valence-corrected chi connectivity index (χ4v) is 28.5. The zero-order valence-electron chi connectivity index (χ0n) is 20.9. The first kappa shape index (κ1) is 22.9. The quantitative estimate of drug-likeness (QED) is 0.374. The minimum absolute atomic E-state index is 0.565. The van der Waals surface area contributed by atoms with E-state index in [2.05, 4.69) is 107 Å². The Kier molecular flexibility index (Phi) is 5.47. The van der Waals surface area contributed by atoms with E-state index in [-0.39, 0.29) is 0 Å². The van der Waals surface area contributed by atoms with Crippen molar-refractivity contribution in [3.8, 4) is 0 Å². The summed E-state index contributed by atoms with van der Waals surface area (Å²) >= 11 is -3.41. The molecule has 0 heterocycles. The van der Waals surface area contributed by atoms with Crippen LogP contribution in [-0.2, 0) is 17.4 Å². The van der Waals surface area contributed by atoms with E-state index in [1.54, 1.807) is 27.9 Å². The Bertz CT molecular complexity index is 1260. The van der Waals surface area contributed by atoms with Crippen molar-refractivity contribution < 1.29 is 17.4 Å². The van der Waals surface area contributed by atoms with E-state index in [1.807, 2.05) is 3.28 Å². The molecule has 2 atom stereocenters. The van der Waals surface area contributed by atoms with Gasteiger partial charge in [-0.05, 0) is 0 Å². The van der Waals surface area contributed by atoms with Crippen LogP contribution in [0.2, 0.25) is 9.26 Å². The van der Waals surface area contributed by atoms with E-state index in [0.717, 1.165) is 0 Å². The summed E-state index contributed by atoms with van der Waals surface area (Å²) in [5, 5.41) is 0. The first-order valence-corrected chi connectivity index (χ1v) is 25.2. The van der Waals surface area contributed by atoms with Crippen molar-refractivity contribution in [2.75, 3.05) is 0 Å². The molecule has 2 heteroatoms. The van der Waals surface area contributed by atoms with E-state index in [1.165, 1.54) is 27.8 Å². The van der Waals surface area contributed by atoms with Gasteiger partial charge in [-0.2, -0.15) is 0 Å². The van der Waals surface area contributed by atoms with Crippen LogP contribution >= 0.6 is 0 Å². The normalized spacial score (nSPS) is 22.0. The molecule has 0 aromatic heterocycles. The molecule has 2 unspecified atom stereocenters. The van der Waals surface area contributed by atoms with Gasteiger partial charge >= 0.3 is 193 Å². The predicted molar refractivity (Wildman–Crippen MR) is 137 cm³/mol. The van der Waals surface area contributed by atoms with Crippen molar-refractivity contribution in [1.29, 1.82) is 0 Å². The summed E-state index contributed by atoms with van der Waals surface area (Å²) in [5.74, 6) is 0.585. The summed E-state index contributed by atoms with van der Waals surface area (Å²) < 4.78 is 7.84. The molecular formula is C29H38SiZr. The Morgan fingerprint density at radius 1 is 0.774 bits per heavy atom. The molecule has 31 heavy (non-hydrogen) atoms. The molecule has 2 aromatic carbocycles. The maximum absolute atomic E-state index is 3.41. The summed E-state index contributed by atoms with van der Waals surface area (Å²) in [6.45, 7) is 19.0. The number of rotatable bonds is 3. The van der Waals surface area contributed by atoms with Crippen molar-refractivity contribution in [2.45, 2.75) is 61.4 Å². The third kappa shape index (κ3) is 3.32. The third-order valence-electron chi connectivity index (χ3n) is 8.59. The molecule has 4 rings (SSSR count). The number of fused-ring (bicyclic) bond motifs is 1. The standard InChI is InChI=1S/C18H17.C9H13.2CH3.H2Si.Zr/c1-12-9-16-10-14(3)18(17(16)11-13(12)2)15-7-5-4-6-8-15;1-6-5-7(2)9(4)8(6)3;;;;/h4-11H,1-3H3;6H,1-4H3;2*1H3;1H2;. The number of allylic oxidation sites excluding steroid dienone is 5. The van der Waals surface area contributed by atoms with Gasteiger partial charge in [0.05, 0.1) is 0 Å². The fourth-order valence-electron chi connectivity index (χ4n) is 6.91. The number of benzene rings is 2. The topological polar surface area (TPSA) is 0 Å². The van der Waals surface area contributed by atoms with Crippen LogP contribution in [0.1, 0.15) is 66.1 Å². The van der Waals surface area contributed by atoms with Gasteiger partial charge in [-0.1, -0.05) is 0 Å². The van der Waals surface area contributed by atoms with Crippen molar-refractivity contribution in [3.05, 3.63) is 95.9 Å². The molecule has 0 N–H and O–H groups in total. The monoisotopic (exact) mass is 504 g/mol. The van der Waals surface area contributed by atoms with Gasteiger partial charge in [0, 0.05) is 0 Å². The molecule has 0 spiro atoms. The molecule has 0 radical (unpaired) electrons. The predicted octanol–water partition coefficient (Wildman–Crippen LogP) is 7.77. The Morgan fingerprint density at radius 3 is 1.90 bits per heavy atom. The summed E-state index contributed by atoms with van der Waals surface area (Å²) in [6.07, 6.45) is 0. The van der Waals surface area contributed by atoms with Crippen LogP contribution in [0.3, 0.4) is 0 Å². The van der Waals surface area contributed by atoms with Gasteiger partial charge < -0.3 is 0 Å². The number of hydrogen-bond donors (Lipinski definition) is 0. The van der Waals surface area contributed by atoms with Crippen LogP contribution in [0.15, 0.2) is 68.0 Å². The van der Waals surface area contributed by atoms with Crippen molar-refractivity contribution >= 4 is 12.5 Å². The number of hydrogen-bond acceptors (Lipinski definition) is 0. The van der Waals surface area contributed by atoms with E-state index in [0.29, 0.717) is 9.54 Å². The Hall–Kier alpha value is -1.24. The second kappa shape index (κ2) is 7.39. The van der Waals surface area contributed by atoms with Gasteiger partial charge in [-0.25, -0.2) is 0 Å². The Labute approximate surface area is 192 Å². The van der Waals surface area contributed by atoms with E-state index >= 15 is 0 Å². The summed E-state index contributed by atoms with van der Waals surface area (Å²) in [7, 11) is 0. The molecule has 2 aliphatic rings. The molecule has 0 saturated heterocycles. The molecule has 0 fully saturated rings. The summed E-state index contributed by atoms with van der Waals surface area (Å²) in [6, 6.07) is 16.1. The van der Waals surface area contributed by atoms with Crippen LogP contribution < -0.4 is 0 Å². The molecule has 2 aliphatic carbocycles. The molecular weight excluding hydrogens is 468 g/mol. The Balaban J connectivity index is 2.05. The first-order valence-electron chi connectivity index (χ1n) is 11.7. The zero-order valence-corrected chi connectivity index (χ0v) is 24.8. The van der Waals surface area contributed by atoms with Gasteiger partial charge in [-0.15, -0.1) is 0 Å². The van der Waals surface area contributed by atoms with Crippen LogP contribution in [0.4, 0.5) is 0 Å². The van der Waals surface area contributed by atoms with Crippen LogP contribution in [-0.4, -0.2) is 6.88 Å². The van der Waals surface area contributed by atoms with Crippen LogP contribution in [0.5, 0.6) is 0 Å². The summed E-state index contributed by atoms with van der Waals surface area (Å²) in [5.41, 5.74) is 15.1. The SMILES string of the molecule is CC1=C(C)C(C)[C]([Zr]([CH3])([CH3])(=[SiH2])[CH]2C(C)=C(c3ccccc3)c3cc(C)c(C)cc32)=C1C. The van der Waals surface area contributed by atoms with Crippen molar-refractivity contribution in [2.24, 2.45) is 5.92 Å². The molecule has 162 valence electrons. The molecule has 0 nitrogen and oxygen atoms in total. The van der Waals surface area contributed by atoms with Crippen molar-refractivity contribution in [3.63, 3.8) is 0 Å². The molecule has 0 aliphatic heterocycles. The molecule has 0 bridgehead atoms. The van der Waals surface area contributed by atoms with Gasteiger partial charge in [0.2, 0.25) is 0 Å². The van der Waals surface area contributed by atoms with E-state index in [4.69, 9.17) is 0 Å². The van der Waals surface area contributed by atoms with Gasteiger partial charge in [0.25, 0.3) is 0 Å². The van der Waals surface area contributed by atoms with Crippen LogP contribution in [0, 0.1) is 19.8 Å². The molecule has 0 amide bonds. The summed E-state index contributed by atoms with van der Waals surface area (Å²) in [4.78, 5) is 0. The molecule has 2 aromatic rings. The maximum atomic E-state index is 2.72. The van der Waals surface area contributed by atoms with Crippen molar-refractivity contribution in [1.82, 2.24) is 0 Å². The fraction of sp³-hybridized carbons (Fsp3) is 0.379. The average Bonchev–Trinajstić information content (AvgIpc) is 3.09. The average molecular weight is 506 g/mol. The Morgan fingerprint density at radius 2 is 1.35 bits per heavy atom. The number of aryl methyl sites for hydroxylation is 2. The van der Waals surface area contributed by atoms with E-state index < -0.39 is 17.4 Å². The minimum atomic E-state index is -3.41. The second-order valence-corrected chi connectivity index (χ2v) is 40.7. The third-order valence-corrected chi connectivity index (χ3v) is 26.0. The van der Waals surface area contributed by atoms with Gasteiger partial charge in [0.15, 0.2) is 0 Å². The zero-order chi connectivity index (χ0) is 22.9. The first-order chi connectivity index (χ1) is 14.3. The van der Waals surface area contributed by atoms with Gasteiger partial charge in [-0.3, -0.25) is 0 Å².